The molecule has 0 amide bonds. The van der Waals surface area contributed by atoms with Crippen molar-refractivity contribution in [2.45, 2.75) is 20.0 Å². The van der Waals surface area contributed by atoms with Gasteiger partial charge in [0.1, 0.15) is 0 Å². The van der Waals surface area contributed by atoms with Crippen molar-refractivity contribution < 1.29 is 0 Å². The first-order valence-electron chi connectivity index (χ1n) is 6.36. The summed E-state index contributed by atoms with van der Waals surface area (Å²) in [5.41, 5.74) is 2.13. The van der Waals surface area contributed by atoms with Crippen molar-refractivity contribution in [1.29, 1.82) is 0 Å². The van der Waals surface area contributed by atoms with Crippen molar-refractivity contribution in [2.24, 2.45) is 21.1 Å². The number of aromatic nitrogens is 4. The largest absolute Gasteiger partial charge is 0.330 e. The van der Waals surface area contributed by atoms with E-state index in [1.165, 1.54) is 17.7 Å². The second-order valence-corrected chi connectivity index (χ2v) is 4.89. The first kappa shape index (κ1) is 14.3. The van der Waals surface area contributed by atoms with Crippen LogP contribution >= 0.6 is 0 Å². The number of nitrogens with one attached hydrogen (secondary N) is 1. The third-order valence-corrected chi connectivity index (χ3v) is 3.36. The normalized spacial score (nSPS) is 11.0. The molecule has 2 heterocycles. The molecule has 0 saturated heterocycles. The van der Waals surface area contributed by atoms with Crippen molar-refractivity contribution in [3.63, 3.8) is 0 Å². The minimum absolute atomic E-state index is 0.289. The average Bonchev–Trinajstić information content (AvgIpc) is 2.71. The van der Waals surface area contributed by atoms with Crippen molar-refractivity contribution in [1.82, 2.24) is 24.2 Å². The maximum atomic E-state index is 11.8. The monoisotopic (exact) mass is 277 g/mol. The van der Waals surface area contributed by atoms with Gasteiger partial charge in [-0.2, -0.15) is 5.10 Å². The lowest BCUT2D eigenvalue weighted by atomic mass is 10.2. The number of hydrogen-bond acceptors (Lipinski definition) is 4. The average molecular weight is 277 g/mol. The summed E-state index contributed by atoms with van der Waals surface area (Å²) in [5.74, 6) is 0. The van der Waals surface area contributed by atoms with E-state index < -0.39 is 0 Å². The zero-order valence-corrected chi connectivity index (χ0v) is 12.2. The highest BCUT2D eigenvalue weighted by atomic mass is 16.2. The van der Waals surface area contributed by atoms with Crippen LogP contribution in [0.15, 0.2) is 21.9 Å². The van der Waals surface area contributed by atoms with Crippen molar-refractivity contribution in [2.75, 3.05) is 0 Å². The summed E-state index contributed by atoms with van der Waals surface area (Å²) < 4.78 is 4.33. The van der Waals surface area contributed by atoms with Gasteiger partial charge in [0, 0.05) is 57.8 Å². The Bertz CT molecular complexity index is 738. The Morgan fingerprint density at radius 1 is 1.15 bits per heavy atom. The second kappa shape index (κ2) is 5.46. The van der Waals surface area contributed by atoms with E-state index in [2.05, 4.69) is 10.4 Å². The number of rotatable bonds is 4. The van der Waals surface area contributed by atoms with Gasteiger partial charge in [-0.05, 0) is 6.92 Å². The molecule has 0 saturated carbocycles. The molecule has 0 unspecified atom stereocenters. The van der Waals surface area contributed by atoms with E-state index in [9.17, 15) is 9.59 Å². The summed E-state index contributed by atoms with van der Waals surface area (Å²) in [6.07, 6.45) is 1.95. The molecular weight excluding hydrogens is 258 g/mol. The van der Waals surface area contributed by atoms with E-state index in [-0.39, 0.29) is 11.2 Å². The summed E-state index contributed by atoms with van der Waals surface area (Å²) in [5, 5.41) is 7.49. The molecule has 0 aliphatic heterocycles. The van der Waals surface area contributed by atoms with Crippen LogP contribution in [0.25, 0.3) is 0 Å². The molecule has 0 radical (unpaired) electrons. The molecule has 7 heteroatoms. The highest BCUT2D eigenvalue weighted by Gasteiger charge is 2.06. The van der Waals surface area contributed by atoms with Gasteiger partial charge in [-0.1, -0.05) is 0 Å². The van der Waals surface area contributed by atoms with Crippen molar-refractivity contribution in [3.8, 4) is 0 Å². The molecule has 0 aliphatic rings. The summed E-state index contributed by atoms with van der Waals surface area (Å²) in [6, 6.07) is 1.48. The standard InChI is InChI=1S/C13H19N5O2/c1-9-10(8-16(2)15-9)6-14-7-11-5-12(19)18(4)13(20)17(11)3/h5,8,14H,6-7H2,1-4H3. The van der Waals surface area contributed by atoms with E-state index in [0.29, 0.717) is 18.8 Å². The molecule has 0 bridgehead atoms. The highest BCUT2D eigenvalue weighted by molar-refractivity contribution is 5.15. The SMILES string of the molecule is Cc1nn(C)cc1CNCc1cc(=O)n(C)c(=O)n1C. The minimum atomic E-state index is -0.313. The Labute approximate surface area is 116 Å². The van der Waals surface area contributed by atoms with Gasteiger partial charge in [0.15, 0.2) is 0 Å². The lowest BCUT2D eigenvalue weighted by Gasteiger charge is -2.10. The van der Waals surface area contributed by atoms with Crippen LogP contribution in [-0.2, 0) is 34.2 Å². The first-order valence-corrected chi connectivity index (χ1v) is 6.36. The van der Waals surface area contributed by atoms with Crippen LogP contribution in [0, 0.1) is 6.92 Å². The molecule has 2 aromatic rings. The lowest BCUT2D eigenvalue weighted by Crippen LogP contribution is -2.39. The summed E-state index contributed by atoms with van der Waals surface area (Å²) >= 11 is 0. The Kier molecular flexibility index (Phi) is 3.89. The van der Waals surface area contributed by atoms with Crippen LogP contribution in [0.1, 0.15) is 17.0 Å². The Morgan fingerprint density at radius 2 is 1.85 bits per heavy atom. The molecule has 0 aromatic carbocycles. The molecule has 0 spiro atoms. The highest BCUT2D eigenvalue weighted by Crippen LogP contribution is 2.04. The molecule has 0 fully saturated rings. The minimum Gasteiger partial charge on any atom is -0.307 e. The van der Waals surface area contributed by atoms with Crippen LogP contribution in [0.5, 0.6) is 0 Å². The molecular formula is C13H19N5O2. The third kappa shape index (κ3) is 2.72. The molecule has 2 aromatic heterocycles. The topological polar surface area (TPSA) is 73.8 Å². The Balaban J connectivity index is 2.11. The smallest absolute Gasteiger partial charge is 0.307 e. The van der Waals surface area contributed by atoms with Gasteiger partial charge >= 0.3 is 5.69 Å². The van der Waals surface area contributed by atoms with Gasteiger partial charge in [0.25, 0.3) is 5.56 Å². The van der Waals surface area contributed by atoms with Gasteiger partial charge in [0.2, 0.25) is 0 Å². The van der Waals surface area contributed by atoms with Crippen molar-refractivity contribution >= 4 is 0 Å². The van der Waals surface area contributed by atoms with Gasteiger partial charge < -0.3 is 5.32 Å². The van der Waals surface area contributed by atoms with Crippen LogP contribution < -0.4 is 16.6 Å². The van der Waals surface area contributed by atoms with E-state index in [1.807, 2.05) is 20.2 Å². The summed E-state index contributed by atoms with van der Waals surface area (Å²) in [4.78, 5) is 23.4. The fourth-order valence-corrected chi connectivity index (χ4v) is 2.10. The quantitative estimate of drug-likeness (QED) is 0.811. The second-order valence-electron chi connectivity index (χ2n) is 4.89. The summed E-state index contributed by atoms with van der Waals surface area (Å²) in [6.45, 7) is 3.05. The maximum Gasteiger partial charge on any atom is 0.330 e. The number of nitrogens with zero attached hydrogens (tertiary/aromatic N) is 4. The molecule has 0 aliphatic carbocycles. The zero-order valence-electron chi connectivity index (χ0n) is 12.2. The number of aryl methyl sites for hydroxylation is 2. The van der Waals surface area contributed by atoms with Gasteiger partial charge in [0.05, 0.1) is 5.69 Å². The number of hydrogen-bond donors (Lipinski definition) is 1. The fourth-order valence-electron chi connectivity index (χ4n) is 2.10. The molecule has 0 atom stereocenters. The van der Waals surface area contributed by atoms with E-state index in [4.69, 9.17) is 0 Å². The predicted octanol–water partition coefficient (Wildman–Crippen LogP) is -0.584. The first-order chi connectivity index (χ1) is 9.40. The van der Waals surface area contributed by atoms with Crippen LogP contribution in [-0.4, -0.2) is 18.9 Å². The van der Waals surface area contributed by atoms with Crippen LogP contribution in [0.3, 0.4) is 0 Å². The Hall–Kier alpha value is -2.15. The maximum absolute atomic E-state index is 11.8. The Morgan fingerprint density at radius 3 is 2.45 bits per heavy atom. The summed E-state index contributed by atoms with van der Waals surface area (Å²) in [7, 11) is 5.01. The lowest BCUT2D eigenvalue weighted by molar-refractivity contribution is 0.600. The molecule has 20 heavy (non-hydrogen) atoms. The van der Waals surface area contributed by atoms with E-state index >= 15 is 0 Å². The van der Waals surface area contributed by atoms with Gasteiger partial charge in [-0.15, -0.1) is 0 Å². The zero-order chi connectivity index (χ0) is 14.9. The van der Waals surface area contributed by atoms with Crippen LogP contribution in [0.4, 0.5) is 0 Å². The third-order valence-electron chi connectivity index (χ3n) is 3.36. The van der Waals surface area contributed by atoms with Gasteiger partial charge in [-0.3, -0.25) is 18.6 Å². The predicted molar refractivity (Wildman–Crippen MR) is 75.4 cm³/mol. The van der Waals surface area contributed by atoms with E-state index in [1.54, 1.807) is 11.7 Å². The molecule has 108 valence electrons. The van der Waals surface area contributed by atoms with E-state index in [0.717, 1.165) is 15.8 Å². The van der Waals surface area contributed by atoms with Gasteiger partial charge in [-0.25, -0.2) is 4.79 Å². The molecule has 2 rings (SSSR count). The van der Waals surface area contributed by atoms with Crippen LogP contribution in [0.2, 0.25) is 0 Å². The molecule has 7 nitrogen and oxygen atoms in total. The fraction of sp³-hybridized carbons (Fsp3) is 0.462. The molecule has 1 N–H and O–H groups in total. The van der Waals surface area contributed by atoms with Crippen molar-refractivity contribution in [3.05, 3.63) is 50.1 Å².